The van der Waals surface area contributed by atoms with Crippen LogP contribution in [0, 0.1) is 23.0 Å². The summed E-state index contributed by atoms with van der Waals surface area (Å²) in [4.78, 5) is 20.9. The zero-order chi connectivity index (χ0) is 13.0. The number of aliphatic carboxylic acids is 1. The predicted octanol–water partition coefficient (Wildman–Crippen LogP) is 2.56. The van der Waals surface area contributed by atoms with Crippen LogP contribution in [-0.4, -0.2) is 16.0 Å². The Labute approximate surface area is 99.2 Å². The van der Waals surface area contributed by atoms with Crippen molar-refractivity contribution < 1.29 is 14.8 Å². The average molecular weight is 237 g/mol. The van der Waals surface area contributed by atoms with E-state index in [0.29, 0.717) is 12.0 Å². The molecule has 0 heterocycles. The first kappa shape index (κ1) is 13.2. The van der Waals surface area contributed by atoms with Gasteiger partial charge in [-0.1, -0.05) is 19.1 Å². The van der Waals surface area contributed by atoms with Crippen LogP contribution < -0.4 is 0 Å². The highest BCUT2D eigenvalue weighted by atomic mass is 16.6. The van der Waals surface area contributed by atoms with Gasteiger partial charge in [0.2, 0.25) is 0 Å². The third-order valence-corrected chi connectivity index (χ3v) is 2.58. The lowest BCUT2D eigenvalue weighted by atomic mass is 9.97. The Kier molecular flexibility index (Phi) is 4.20. The molecule has 0 saturated carbocycles. The second-order valence-corrected chi connectivity index (χ2v) is 4.29. The number of carboxylic acid groups (broad SMARTS) is 1. The first-order chi connectivity index (χ1) is 7.90. The molecule has 1 unspecified atom stereocenters. The van der Waals surface area contributed by atoms with E-state index < -0.39 is 10.9 Å². The van der Waals surface area contributed by atoms with E-state index in [9.17, 15) is 14.9 Å². The van der Waals surface area contributed by atoms with Crippen LogP contribution in [0.15, 0.2) is 18.2 Å². The molecule has 0 spiro atoms. The van der Waals surface area contributed by atoms with E-state index in [1.807, 2.05) is 6.92 Å². The summed E-state index contributed by atoms with van der Waals surface area (Å²) in [5, 5.41) is 19.4. The summed E-state index contributed by atoms with van der Waals surface area (Å²) >= 11 is 0. The Morgan fingerprint density at radius 3 is 2.71 bits per heavy atom. The number of hydrogen-bond acceptors (Lipinski definition) is 3. The van der Waals surface area contributed by atoms with Crippen LogP contribution in [0.5, 0.6) is 0 Å². The number of rotatable bonds is 5. The fraction of sp³-hybridized carbons (Fsp3) is 0.417. The molecule has 5 nitrogen and oxygen atoms in total. The summed E-state index contributed by atoms with van der Waals surface area (Å²) in [5.41, 5.74) is 1.51. The standard InChI is InChI=1S/C12H15NO4/c1-8(6-12(14)15)5-10-4-3-9(2)11(7-10)13(16)17/h3-4,7-8H,5-6H2,1-2H3,(H,14,15). The van der Waals surface area contributed by atoms with E-state index in [4.69, 9.17) is 5.11 Å². The lowest BCUT2D eigenvalue weighted by Crippen LogP contribution is -2.07. The molecule has 1 aromatic rings. The van der Waals surface area contributed by atoms with Gasteiger partial charge in [0.25, 0.3) is 5.69 Å². The van der Waals surface area contributed by atoms with Gasteiger partial charge in [0.1, 0.15) is 0 Å². The van der Waals surface area contributed by atoms with Gasteiger partial charge in [-0.2, -0.15) is 0 Å². The van der Waals surface area contributed by atoms with E-state index in [1.54, 1.807) is 19.1 Å². The first-order valence-corrected chi connectivity index (χ1v) is 5.36. The third kappa shape index (κ3) is 3.86. The van der Waals surface area contributed by atoms with E-state index in [0.717, 1.165) is 5.56 Å². The molecule has 0 amide bonds. The fourth-order valence-electron chi connectivity index (χ4n) is 1.75. The van der Waals surface area contributed by atoms with Crippen LogP contribution in [-0.2, 0) is 11.2 Å². The van der Waals surface area contributed by atoms with Crippen molar-refractivity contribution in [3.63, 3.8) is 0 Å². The molecule has 1 aromatic carbocycles. The summed E-state index contributed by atoms with van der Waals surface area (Å²) in [5.74, 6) is -0.881. The molecule has 0 aliphatic carbocycles. The number of nitro groups is 1. The molecule has 0 bridgehead atoms. The zero-order valence-electron chi connectivity index (χ0n) is 9.84. The van der Waals surface area contributed by atoms with Crippen LogP contribution in [0.1, 0.15) is 24.5 Å². The Bertz CT molecular complexity index is 442. The molecular formula is C12H15NO4. The number of hydrogen-bond donors (Lipinski definition) is 1. The van der Waals surface area contributed by atoms with Crippen molar-refractivity contribution in [1.29, 1.82) is 0 Å². The lowest BCUT2D eigenvalue weighted by Gasteiger charge is -2.08. The maximum Gasteiger partial charge on any atom is 0.303 e. The van der Waals surface area contributed by atoms with Gasteiger partial charge in [0.15, 0.2) is 0 Å². The Morgan fingerprint density at radius 1 is 1.53 bits per heavy atom. The quantitative estimate of drug-likeness (QED) is 0.630. The number of aryl methyl sites for hydroxylation is 1. The van der Waals surface area contributed by atoms with Gasteiger partial charge in [-0.25, -0.2) is 0 Å². The smallest absolute Gasteiger partial charge is 0.303 e. The summed E-state index contributed by atoms with van der Waals surface area (Å²) in [6.07, 6.45) is 0.606. The van der Waals surface area contributed by atoms with Crippen molar-refractivity contribution in [2.24, 2.45) is 5.92 Å². The average Bonchev–Trinajstić information content (AvgIpc) is 2.19. The van der Waals surface area contributed by atoms with Gasteiger partial charge in [0, 0.05) is 18.1 Å². The van der Waals surface area contributed by atoms with Crippen LogP contribution in [0.25, 0.3) is 0 Å². The highest BCUT2D eigenvalue weighted by Crippen LogP contribution is 2.21. The maximum absolute atomic E-state index is 10.7. The minimum Gasteiger partial charge on any atom is -0.481 e. The SMILES string of the molecule is Cc1ccc(CC(C)CC(=O)O)cc1[N+](=O)[O-]. The van der Waals surface area contributed by atoms with Gasteiger partial charge in [0.05, 0.1) is 4.92 Å². The minimum absolute atomic E-state index is 0.0326. The van der Waals surface area contributed by atoms with Crippen LogP contribution in [0.4, 0.5) is 5.69 Å². The van der Waals surface area contributed by atoms with E-state index in [1.165, 1.54) is 6.07 Å². The highest BCUT2D eigenvalue weighted by Gasteiger charge is 2.13. The summed E-state index contributed by atoms with van der Waals surface area (Å²) in [6.45, 7) is 3.50. The first-order valence-electron chi connectivity index (χ1n) is 5.36. The molecule has 17 heavy (non-hydrogen) atoms. The Morgan fingerprint density at radius 2 is 2.18 bits per heavy atom. The molecule has 5 heteroatoms. The number of nitrogens with zero attached hydrogens (tertiary/aromatic N) is 1. The Hall–Kier alpha value is -1.91. The van der Waals surface area contributed by atoms with Crippen molar-refractivity contribution in [2.75, 3.05) is 0 Å². The lowest BCUT2D eigenvalue weighted by molar-refractivity contribution is -0.385. The number of carboxylic acids is 1. The number of nitro benzene ring substituents is 1. The third-order valence-electron chi connectivity index (χ3n) is 2.58. The molecule has 0 aromatic heterocycles. The predicted molar refractivity (Wildman–Crippen MR) is 63.0 cm³/mol. The van der Waals surface area contributed by atoms with Crippen LogP contribution in [0.3, 0.4) is 0 Å². The summed E-state index contributed by atoms with van der Waals surface area (Å²) in [7, 11) is 0. The Balaban J connectivity index is 2.82. The van der Waals surface area contributed by atoms with Crippen molar-refractivity contribution >= 4 is 11.7 Å². The van der Waals surface area contributed by atoms with Gasteiger partial charge in [-0.15, -0.1) is 0 Å². The van der Waals surface area contributed by atoms with Crippen LogP contribution >= 0.6 is 0 Å². The van der Waals surface area contributed by atoms with Gasteiger partial charge in [-0.3, -0.25) is 14.9 Å². The molecule has 1 N–H and O–H groups in total. The largest absolute Gasteiger partial charge is 0.481 e. The van der Waals surface area contributed by atoms with E-state index in [2.05, 4.69) is 0 Å². The molecule has 0 saturated heterocycles. The zero-order valence-corrected chi connectivity index (χ0v) is 9.84. The molecule has 1 rings (SSSR count). The van der Waals surface area contributed by atoms with Crippen molar-refractivity contribution in [3.05, 3.63) is 39.4 Å². The molecule has 0 radical (unpaired) electrons. The minimum atomic E-state index is -0.848. The summed E-state index contributed by atoms with van der Waals surface area (Å²) < 4.78 is 0. The molecule has 92 valence electrons. The monoisotopic (exact) mass is 237 g/mol. The van der Waals surface area contributed by atoms with Crippen molar-refractivity contribution in [3.8, 4) is 0 Å². The molecule has 0 aliphatic rings. The second kappa shape index (κ2) is 5.43. The van der Waals surface area contributed by atoms with Gasteiger partial charge >= 0.3 is 5.97 Å². The molecule has 0 aliphatic heterocycles. The molecule has 1 atom stereocenters. The maximum atomic E-state index is 10.7. The fourth-order valence-corrected chi connectivity index (χ4v) is 1.75. The van der Waals surface area contributed by atoms with Gasteiger partial charge < -0.3 is 5.11 Å². The second-order valence-electron chi connectivity index (χ2n) is 4.29. The van der Waals surface area contributed by atoms with Crippen LogP contribution in [0.2, 0.25) is 0 Å². The molecular weight excluding hydrogens is 222 g/mol. The number of carbonyl (C=O) groups is 1. The summed E-state index contributed by atoms with van der Waals surface area (Å²) in [6, 6.07) is 5.02. The van der Waals surface area contributed by atoms with Crippen molar-refractivity contribution in [2.45, 2.75) is 26.7 Å². The van der Waals surface area contributed by atoms with Gasteiger partial charge in [-0.05, 0) is 24.8 Å². The highest BCUT2D eigenvalue weighted by molar-refractivity contribution is 5.67. The van der Waals surface area contributed by atoms with Crippen molar-refractivity contribution in [1.82, 2.24) is 0 Å². The van der Waals surface area contributed by atoms with E-state index >= 15 is 0 Å². The number of benzene rings is 1. The normalized spacial score (nSPS) is 12.1. The van der Waals surface area contributed by atoms with E-state index in [-0.39, 0.29) is 18.0 Å². The topological polar surface area (TPSA) is 80.4 Å². The molecule has 0 fully saturated rings.